The van der Waals surface area contributed by atoms with Crippen molar-refractivity contribution < 1.29 is 27.1 Å². The third-order valence-corrected chi connectivity index (χ3v) is 6.37. The lowest BCUT2D eigenvalue weighted by Gasteiger charge is -2.38. The van der Waals surface area contributed by atoms with Gasteiger partial charge in [0.15, 0.2) is 5.82 Å². The molecule has 2 bridgehead atoms. The zero-order valence-corrected chi connectivity index (χ0v) is 17.4. The fourth-order valence-electron chi connectivity index (χ4n) is 4.85. The Morgan fingerprint density at radius 3 is 2.52 bits per heavy atom. The van der Waals surface area contributed by atoms with Gasteiger partial charge in [0, 0.05) is 6.04 Å². The molecule has 7 nitrogen and oxygen atoms in total. The number of aromatic nitrogens is 4. The van der Waals surface area contributed by atoms with Gasteiger partial charge in [-0.25, -0.2) is 9.37 Å². The van der Waals surface area contributed by atoms with Crippen LogP contribution in [0.1, 0.15) is 35.8 Å². The molecule has 11 heteroatoms. The summed E-state index contributed by atoms with van der Waals surface area (Å²) in [4.78, 5) is 19.7. The van der Waals surface area contributed by atoms with E-state index in [1.807, 2.05) is 6.92 Å². The molecule has 1 saturated carbocycles. The first-order valence-electron chi connectivity index (χ1n) is 10.4. The topological polar surface area (TPSA) is 73.1 Å². The smallest absolute Gasteiger partial charge is 0.433 e. The second kappa shape index (κ2) is 7.82. The van der Waals surface area contributed by atoms with Crippen LogP contribution in [0.2, 0.25) is 0 Å². The van der Waals surface area contributed by atoms with Gasteiger partial charge in [0.2, 0.25) is 0 Å². The van der Waals surface area contributed by atoms with Crippen molar-refractivity contribution in [2.75, 3.05) is 0 Å². The summed E-state index contributed by atoms with van der Waals surface area (Å²) >= 11 is 0. The molecule has 33 heavy (non-hydrogen) atoms. The van der Waals surface area contributed by atoms with Crippen molar-refractivity contribution in [3.8, 4) is 11.4 Å². The highest BCUT2D eigenvalue weighted by molar-refractivity contribution is 5.98. The summed E-state index contributed by atoms with van der Waals surface area (Å²) < 4.78 is 58.9. The number of carbonyl (C=O) groups excluding carboxylic acids is 1. The normalized spacial score (nSPS) is 24.3. The largest absolute Gasteiger partial charge is 0.487 e. The lowest BCUT2D eigenvalue weighted by atomic mass is 9.98. The van der Waals surface area contributed by atoms with E-state index in [-0.39, 0.29) is 40.9 Å². The molecule has 1 aliphatic heterocycles. The Bertz CT molecular complexity index is 1170. The average molecular weight is 461 g/mol. The van der Waals surface area contributed by atoms with Gasteiger partial charge in [0.25, 0.3) is 5.91 Å². The van der Waals surface area contributed by atoms with E-state index in [1.165, 1.54) is 36.7 Å². The highest BCUT2D eigenvalue weighted by Gasteiger charge is 2.53. The monoisotopic (exact) mass is 461 g/mol. The van der Waals surface area contributed by atoms with Gasteiger partial charge in [-0.2, -0.15) is 23.4 Å². The molecule has 3 aromatic rings. The number of alkyl halides is 3. The predicted molar refractivity (Wildman–Crippen MR) is 107 cm³/mol. The fourth-order valence-corrected chi connectivity index (χ4v) is 4.85. The van der Waals surface area contributed by atoms with E-state index in [9.17, 15) is 22.4 Å². The van der Waals surface area contributed by atoms with Gasteiger partial charge in [-0.1, -0.05) is 6.07 Å². The van der Waals surface area contributed by atoms with Crippen LogP contribution in [0.15, 0.2) is 48.9 Å². The van der Waals surface area contributed by atoms with Crippen molar-refractivity contribution >= 4 is 5.91 Å². The minimum absolute atomic E-state index is 0.0353. The van der Waals surface area contributed by atoms with Crippen LogP contribution in [-0.2, 0) is 6.18 Å². The first kappa shape index (κ1) is 21.4. The molecule has 1 amide bonds. The van der Waals surface area contributed by atoms with Crippen molar-refractivity contribution in [3.63, 3.8) is 0 Å². The summed E-state index contributed by atoms with van der Waals surface area (Å²) in [6.45, 7) is 1.93. The zero-order valence-electron chi connectivity index (χ0n) is 17.4. The summed E-state index contributed by atoms with van der Waals surface area (Å²) in [5, 5.41) is 7.92. The second-order valence-electron chi connectivity index (χ2n) is 8.24. The van der Waals surface area contributed by atoms with E-state index in [0.29, 0.717) is 12.8 Å². The number of hydrogen-bond acceptors (Lipinski definition) is 5. The summed E-state index contributed by atoms with van der Waals surface area (Å²) in [6.07, 6.45) is 0.234. The molecule has 1 aromatic carbocycles. The van der Waals surface area contributed by atoms with Crippen LogP contribution in [0.4, 0.5) is 17.6 Å². The fraction of sp³-hybridized carbons (Fsp3) is 0.364. The molecule has 1 aliphatic carbocycles. The van der Waals surface area contributed by atoms with Gasteiger partial charge in [0.05, 0.1) is 30.2 Å². The van der Waals surface area contributed by atoms with E-state index < -0.39 is 23.8 Å². The Kier molecular flexibility index (Phi) is 5.06. The molecule has 2 aliphatic rings. The SMILES string of the molecule is CC1C2CC(Oc3ccc(C(F)(F)F)nc3)C(C2)N1C(=O)c1cccc(F)c1-n1nccn1. The lowest BCUT2D eigenvalue weighted by molar-refractivity contribution is -0.141. The van der Waals surface area contributed by atoms with Gasteiger partial charge >= 0.3 is 6.18 Å². The number of fused-ring (bicyclic) bond motifs is 2. The van der Waals surface area contributed by atoms with Crippen molar-refractivity contribution in [2.45, 2.75) is 44.1 Å². The summed E-state index contributed by atoms with van der Waals surface area (Å²) in [5.41, 5.74) is -0.911. The zero-order chi connectivity index (χ0) is 23.3. The van der Waals surface area contributed by atoms with Crippen LogP contribution in [0, 0.1) is 11.7 Å². The number of ether oxygens (including phenoxy) is 1. The van der Waals surface area contributed by atoms with Crippen LogP contribution >= 0.6 is 0 Å². The molecule has 1 saturated heterocycles. The molecule has 2 aromatic heterocycles. The van der Waals surface area contributed by atoms with E-state index in [1.54, 1.807) is 4.90 Å². The third-order valence-electron chi connectivity index (χ3n) is 6.37. The van der Waals surface area contributed by atoms with Crippen molar-refractivity contribution in [2.24, 2.45) is 5.92 Å². The van der Waals surface area contributed by atoms with Crippen LogP contribution in [0.5, 0.6) is 5.75 Å². The molecule has 172 valence electrons. The van der Waals surface area contributed by atoms with Crippen molar-refractivity contribution in [1.82, 2.24) is 24.9 Å². The lowest BCUT2D eigenvalue weighted by Crippen LogP contribution is -2.51. The van der Waals surface area contributed by atoms with Crippen LogP contribution < -0.4 is 4.74 Å². The Morgan fingerprint density at radius 1 is 1.12 bits per heavy atom. The van der Waals surface area contributed by atoms with Crippen LogP contribution in [0.25, 0.3) is 5.69 Å². The number of hydrogen-bond donors (Lipinski definition) is 0. The average Bonchev–Trinajstić information content (AvgIpc) is 3.50. The quantitative estimate of drug-likeness (QED) is 0.552. The summed E-state index contributed by atoms with van der Waals surface area (Å²) in [7, 11) is 0. The summed E-state index contributed by atoms with van der Waals surface area (Å²) in [6, 6.07) is 5.90. The predicted octanol–water partition coefficient (Wildman–Crippen LogP) is 3.89. The molecule has 0 N–H and O–H groups in total. The molecule has 4 unspecified atom stereocenters. The third kappa shape index (κ3) is 3.70. The Labute approximate surface area is 186 Å². The van der Waals surface area contributed by atoms with Gasteiger partial charge in [-0.3, -0.25) is 4.79 Å². The second-order valence-corrected chi connectivity index (χ2v) is 8.24. The number of pyridine rings is 1. The Hall–Kier alpha value is -3.50. The molecule has 0 radical (unpaired) electrons. The number of halogens is 4. The highest BCUT2D eigenvalue weighted by Crippen LogP contribution is 2.45. The molecule has 5 rings (SSSR count). The van der Waals surface area contributed by atoms with Gasteiger partial charge in [-0.05, 0) is 49.9 Å². The number of para-hydroxylation sites is 1. The van der Waals surface area contributed by atoms with E-state index in [0.717, 1.165) is 17.1 Å². The van der Waals surface area contributed by atoms with Gasteiger partial charge < -0.3 is 9.64 Å². The first-order chi connectivity index (χ1) is 15.7. The Balaban J connectivity index is 1.40. The molecular formula is C22H19F4N5O2. The maximum Gasteiger partial charge on any atom is 0.433 e. The van der Waals surface area contributed by atoms with Crippen LogP contribution in [-0.4, -0.2) is 49.0 Å². The van der Waals surface area contributed by atoms with E-state index in [2.05, 4.69) is 15.2 Å². The van der Waals surface area contributed by atoms with Crippen molar-refractivity contribution in [3.05, 3.63) is 66.0 Å². The van der Waals surface area contributed by atoms with Crippen LogP contribution in [0.3, 0.4) is 0 Å². The number of nitrogens with zero attached hydrogens (tertiary/aromatic N) is 5. The van der Waals surface area contributed by atoms with E-state index >= 15 is 0 Å². The highest BCUT2D eigenvalue weighted by atomic mass is 19.4. The number of rotatable bonds is 4. The maximum absolute atomic E-state index is 14.6. The van der Waals surface area contributed by atoms with Gasteiger partial charge in [-0.15, -0.1) is 4.80 Å². The van der Waals surface area contributed by atoms with E-state index in [4.69, 9.17) is 4.74 Å². The minimum Gasteiger partial charge on any atom is -0.487 e. The number of likely N-dealkylation sites (tertiary alicyclic amines) is 1. The minimum atomic E-state index is -4.53. The number of carbonyl (C=O) groups is 1. The number of amides is 1. The molecule has 4 atom stereocenters. The molecule has 2 fully saturated rings. The van der Waals surface area contributed by atoms with Crippen molar-refractivity contribution in [1.29, 1.82) is 0 Å². The standard InChI is InChI=1S/C22H19F4N5O2/c1-12-13-9-17(18(10-13)33-14-5-6-19(27-11-14)22(24,25)26)30(12)21(32)15-3-2-4-16(23)20(15)31-28-7-8-29-31/h2-8,11-13,17-18H,9-10H2,1H3. The molecule has 3 heterocycles. The first-order valence-corrected chi connectivity index (χ1v) is 10.4. The molecule has 0 spiro atoms. The number of benzene rings is 1. The maximum atomic E-state index is 14.6. The van der Waals surface area contributed by atoms with Gasteiger partial charge in [0.1, 0.15) is 23.2 Å². The Morgan fingerprint density at radius 2 is 1.88 bits per heavy atom. The molecular weight excluding hydrogens is 442 g/mol. The number of piperidine rings is 1. The summed E-state index contributed by atoms with van der Waals surface area (Å²) in [5.74, 6) is -0.641.